The van der Waals surface area contributed by atoms with Crippen molar-refractivity contribution in [2.75, 3.05) is 11.4 Å². The van der Waals surface area contributed by atoms with Crippen molar-refractivity contribution in [1.29, 1.82) is 0 Å². The highest BCUT2D eigenvalue weighted by atomic mass is 16.4. The number of hydrogen-bond donors (Lipinski definition) is 1. The fourth-order valence-electron chi connectivity index (χ4n) is 2.82. The van der Waals surface area contributed by atoms with Gasteiger partial charge in [0.2, 0.25) is 5.95 Å². The molecule has 0 bridgehead atoms. The number of rotatable bonds is 2. The maximum atomic E-state index is 11.6. The van der Waals surface area contributed by atoms with E-state index in [1.165, 1.54) is 0 Å². The maximum absolute atomic E-state index is 11.6. The van der Waals surface area contributed by atoms with Crippen LogP contribution in [-0.4, -0.2) is 27.6 Å². The van der Waals surface area contributed by atoms with Gasteiger partial charge in [-0.1, -0.05) is 24.3 Å². The second kappa shape index (κ2) is 5.16. The van der Waals surface area contributed by atoms with E-state index in [9.17, 15) is 9.90 Å². The molecule has 1 aliphatic rings. The monoisotopic (exact) mass is 283 g/mol. The Hall–Kier alpha value is -2.43. The average Bonchev–Trinajstić information content (AvgIpc) is 2.45. The third-order valence-electron chi connectivity index (χ3n) is 3.75. The number of carboxylic acids is 1. The zero-order valence-corrected chi connectivity index (χ0v) is 12.1. The van der Waals surface area contributed by atoms with Gasteiger partial charge in [-0.3, -0.25) is 4.79 Å². The average molecular weight is 283 g/mol. The first-order chi connectivity index (χ1) is 10.0. The number of carboxylic acid groups (broad SMARTS) is 1. The summed E-state index contributed by atoms with van der Waals surface area (Å²) >= 11 is 0. The Morgan fingerprint density at radius 3 is 2.57 bits per heavy atom. The summed E-state index contributed by atoms with van der Waals surface area (Å²) in [6.45, 7) is 4.88. The molecule has 2 heterocycles. The molecule has 0 amide bonds. The van der Waals surface area contributed by atoms with Crippen molar-refractivity contribution >= 4 is 11.9 Å². The second-order valence-electron chi connectivity index (χ2n) is 5.42. The molecule has 1 aromatic carbocycles. The second-order valence-corrected chi connectivity index (χ2v) is 5.42. The van der Waals surface area contributed by atoms with Crippen LogP contribution in [0.15, 0.2) is 30.3 Å². The molecule has 5 nitrogen and oxygen atoms in total. The van der Waals surface area contributed by atoms with Crippen molar-refractivity contribution in [2.45, 2.75) is 26.3 Å². The minimum atomic E-state index is -0.809. The predicted molar refractivity (Wildman–Crippen MR) is 79.4 cm³/mol. The number of anilines is 1. The van der Waals surface area contributed by atoms with Crippen LogP contribution in [0.2, 0.25) is 0 Å². The molecule has 0 saturated carbocycles. The largest absolute Gasteiger partial charge is 0.481 e. The molecule has 1 unspecified atom stereocenters. The van der Waals surface area contributed by atoms with Gasteiger partial charge in [0.1, 0.15) is 0 Å². The molecule has 0 aliphatic carbocycles. The van der Waals surface area contributed by atoms with Gasteiger partial charge in [-0.05, 0) is 31.0 Å². The molecule has 3 rings (SSSR count). The Balaban J connectivity index is 2.01. The zero-order chi connectivity index (χ0) is 15.0. The van der Waals surface area contributed by atoms with Crippen LogP contribution in [0.1, 0.15) is 28.4 Å². The zero-order valence-electron chi connectivity index (χ0n) is 12.1. The van der Waals surface area contributed by atoms with E-state index < -0.39 is 11.9 Å². The first kappa shape index (κ1) is 13.5. The number of nitrogens with zero attached hydrogens (tertiary/aromatic N) is 3. The number of aryl methyl sites for hydroxylation is 2. The highest BCUT2D eigenvalue weighted by Gasteiger charge is 2.31. The van der Waals surface area contributed by atoms with E-state index in [0.29, 0.717) is 19.0 Å². The third kappa shape index (κ3) is 2.59. The number of aromatic nitrogens is 2. The van der Waals surface area contributed by atoms with Crippen molar-refractivity contribution in [3.05, 3.63) is 52.8 Å². The smallest absolute Gasteiger partial charge is 0.312 e. The lowest BCUT2D eigenvalue weighted by Gasteiger charge is -2.33. The summed E-state index contributed by atoms with van der Waals surface area (Å²) in [5.41, 5.74) is 3.70. The Kier molecular flexibility index (Phi) is 3.33. The molecule has 0 spiro atoms. The van der Waals surface area contributed by atoms with Crippen LogP contribution < -0.4 is 4.90 Å². The summed E-state index contributed by atoms with van der Waals surface area (Å²) in [5.74, 6) is -0.746. The van der Waals surface area contributed by atoms with Crippen LogP contribution in [0.25, 0.3) is 0 Å². The molecular weight excluding hydrogens is 266 g/mol. The van der Waals surface area contributed by atoms with Crippen LogP contribution in [0.4, 0.5) is 5.95 Å². The highest BCUT2D eigenvalue weighted by Crippen LogP contribution is 2.30. The lowest BCUT2D eigenvalue weighted by molar-refractivity contribution is -0.138. The van der Waals surface area contributed by atoms with Gasteiger partial charge in [-0.25, -0.2) is 9.97 Å². The molecule has 1 aliphatic heterocycles. The summed E-state index contributed by atoms with van der Waals surface area (Å²) in [4.78, 5) is 22.4. The number of fused-ring (bicyclic) bond motifs is 1. The fraction of sp³-hybridized carbons (Fsp3) is 0.312. The van der Waals surface area contributed by atoms with E-state index in [-0.39, 0.29) is 0 Å². The topological polar surface area (TPSA) is 66.3 Å². The number of aliphatic carboxylic acids is 1. The standard InChI is InChI=1S/C16H17N3O2/c1-10-7-11(2)18-16(17-10)19-8-12-5-3-4-6-13(12)14(9-19)15(20)21/h3-7,14H,8-9H2,1-2H3,(H,20,21). The molecule has 1 N–H and O–H groups in total. The lowest BCUT2D eigenvalue weighted by atomic mass is 9.90. The molecule has 1 aromatic heterocycles. The molecule has 2 aromatic rings. The van der Waals surface area contributed by atoms with Gasteiger partial charge in [0.15, 0.2) is 0 Å². The van der Waals surface area contributed by atoms with Crippen molar-refractivity contribution in [2.24, 2.45) is 0 Å². The number of hydrogen-bond acceptors (Lipinski definition) is 4. The molecule has 0 radical (unpaired) electrons. The Morgan fingerprint density at radius 2 is 1.90 bits per heavy atom. The van der Waals surface area contributed by atoms with Crippen molar-refractivity contribution in [3.63, 3.8) is 0 Å². The molecule has 21 heavy (non-hydrogen) atoms. The maximum Gasteiger partial charge on any atom is 0.312 e. The van der Waals surface area contributed by atoms with Gasteiger partial charge < -0.3 is 10.0 Å². The number of carbonyl (C=O) groups is 1. The molecular formula is C16H17N3O2. The summed E-state index contributed by atoms with van der Waals surface area (Å²) in [7, 11) is 0. The van der Waals surface area contributed by atoms with Crippen LogP contribution in [0.5, 0.6) is 0 Å². The Labute approximate surface area is 123 Å². The van der Waals surface area contributed by atoms with Gasteiger partial charge in [-0.2, -0.15) is 0 Å². The van der Waals surface area contributed by atoms with Crippen molar-refractivity contribution in [1.82, 2.24) is 9.97 Å². The lowest BCUT2D eigenvalue weighted by Crippen LogP contribution is -2.38. The van der Waals surface area contributed by atoms with Crippen molar-refractivity contribution in [3.8, 4) is 0 Å². The minimum Gasteiger partial charge on any atom is -0.481 e. The van der Waals surface area contributed by atoms with Gasteiger partial charge >= 0.3 is 5.97 Å². The van der Waals surface area contributed by atoms with E-state index in [1.807, 2.05) is 49.1 Å². The molecule has 1 atom stereocenters. The highest BCUT2D eigenvalue weighted by molar-refractivity contribution is 5.78. The summed E-state index contributed by atoms with van der Waals surface area (Å²) in [5, 5.41) is 9.49. The Bertz CT molecular complexity index is 679. The van der Waals surface area contributed by atoms with Crippen LogP contribution in [0, 0.1) is 13.8 Å². The number of benzene rings is 1. The van der Waals surface area contributed by atoms with Gasteiger partial charge in [0.05, 0.1) is 5.92 Å². The van der Waals surface area contributed by atoms with Crippen molar-refractivity contribution < 1.29 is 9.90 Å². The molecule has 5 heteroatoms. The molecule has 0 fully saturated rings. The first-order valence-corrected chi connectivity index (χ1v) is 6.92. The molecule has 0 saturated heterocycles. The summed E-state index contributed by atoms with van der Waals surface area (Å²) in [6.07, 6.45) is 0. The first-order valence-electron chi connectivity index (χ1n) is 6.92. The van der Waals surface area contributed by atoms with Gasteiger partial charge in [0.25, 0.3) is 0 Å². The normalized spacial score (nSPS) is 17.4. The fourth-order valence-corrected chi connectivity index (χ4v) is 2.82. The van der Waals surface area contributed by atoms with E-state index in [2.05, 4.69) is 9.97 Å². The van der Waals surface area contributed by atoms with E-state index in [1.54, 1.807) is 0 Å². The molecule has 108 valence electrons. The van der Waals surface area contributed by atoms with Crippen LogP contribution in [0.3, 0.4) is 0 Å². The van der Waals surface area contributed by atoms with Gasteiger partial charge in [-0.15, -0.1) is 0 Å². The minimum absolute atomic E-state index is 0.398. The Morgan fingerprint density at radius 1 is 1.24 bits per heavy atom. The summed E-state index contributed by atoms with van der Waals surface area (Å²) in [6, 6.07) is 9.60. The van der Waals surface area contributed by atoms with Gasteiger partial charge in [0, 0.05) is 24.5 Å². The quantitative estimate of drug-likeness (QED) is 0.916. The van der Waals surface area contributed by atoms with Crippen LogP contribution >= 0.6 is 0 Å². The summed E-state index contributed by atoms with van der Waals surface area (Å²) < 4.78 is 0. The van der Waals surface area contributed by atoms with E-state index in [4.69, 9.17) is 0 Å². The SMILES string of the molecule is Cc1cc(C)nc(N2Cc3ccccc3C(C(=O)O)C2)n1. The predicted octanol–water partition coefficient (Wildman–Crippen LogP) is 2.28. The van der Waals surface area contributed by atoms with E-state index in [0.717, 1.165) is 22.5 Å². The van der Waals surface area contributed by atoms with Crippen LogP contribution in [-0.2, 0) is 11.3 Å². The van der Waals surface area contributed by atoms with E-state index >= 15 is 0 Å². The third-order valence-corrected chi connectivity index (χ3v) is 3.75.